The molecule has 110 valence electrons. The largest absolute Gasteiger partial charge is 0.507 e. The maximum atomic E-state index is 11.6. The fourth-order valence-corrected chi connectivity index (χ4v) is 1.57. The molecule has 7 nitrogen and oxygen atoms in total. The molecule has 1 aromatic rings. The standard InChI is InChI=1S/C13H17NO6/c1-7(2)19-8(3)20-13(18)14-9-5-4-6-10(15)11(9)12(16)17/h4-8,15H,1-3H3,(H,14,18)(H,16,17). The Morgan fingerprint density at radius 2 is 1.90 bits per heavy atom. The Balaban J connectivity index is 2.76. The number of benzene rings is 1. The number of carbonyl (C=O) groups is 2. The van der Waals surface area contributed by atoms with Gasteiger partial charge in [0, 0.05) is 0 Å². The number of anilines is 1. The Morgan fingerprint density at radius 1 is 1.25 bits per heavy atom. The molecular formula is C13H17NO6. The highest BCUT2D eigenvalue weighted by Crippen LogP contribution is 2.25. The highest BCUT2D eigenvalue weighted by Gasteiger charge is 2.18. The van der Waals surface area contributed by atoms with Gasteiger partial charge in [-0.3, -0.25) is 5.32 Å². The molecule has 1 unspecified atom stereocenters. The Labute approximate surface area is 116 Å². The minimum Gasteiger partial charge on any atom is -0.507 e. The first-order valence-electron chi connectivity index (χ1n) is 5.99. The number of amides is 1. The number of carboxylic acid groups (broad SMARTS) is 1. The first-order chi connectivity index (χ1) is 9.31. The average Bonchev–Trinajstić information content (AvgIpc) is 2.26. The molecule has 20 heavy (non-hydrogen) atoms. The third-order valence-corrected chi connectivity index (χ3v) is 2.23. The molecule has 0 aliphatic carbocycles. The highest BCUT2D eigenvalue weighted by molar-refractivity contribution is 6.01. The summed E-state index contributed by atoms with van der Waals surface area (Å²) < 4.78 is 10.1. The lowest BCUT2D eigenvalue weighted by molar-refractivity contribution is -0.112. The van der Waals surface area contributed by atoms with Crippen molar-refractivity contribution in [2.75, 3.05) is 5.32 Å². The number of nitrogens with one attached hydrogen (secondary N) is 1. The Bertz CT molecular complexity index is 500. The molecule has 0 aromatic heterocycles. The maximum absolute atomic E-state index is 11.6. The van der Waals surface area contributed by atoms with Crippen LogP contribution in [0, 0.1) is 0 Å². The van der Waals surface area contributed by atoms with Crippen LogP contribution >= 0.6 is 0 Å². The quantitative estimate of drug-likeness (QED) is 0.717. The SMILES string of the molecule is CC(C)OC(C)OC(=O)Nc1cccc(O)c1C(=O)O. The van der Waals surface area contributed by atoms with Crippen LogP contribution in [0.1, 0.15) is 31.1 Å². The number of carboxylic acids is 1. The molecule has 0 heterocycles. The molecule has 0 aliphatic rings. The van der Waals surface area contributed by atoms with Crippen molar-refractivity contribution in [2.24, 2.45) is 0 Å². The number of hydrogen-bond acceptors (Lipinski definition) is 5. The molecule has 0 aliphatic heterocycles. The van der Waals surface area contributed by atoms with Gasteiger partial charge in [0.1, 0.15) is 11.3 Å². The molecule has 0 spiro atoms. The van der Waals surface area contributed by atoms with Gasteiger partial charge >= 0.3 is 12.1 Å². The molecule has 0 saturated carbocycles. The molecule has 1 atom stereocenters. The fraction of sp³-hybridized carbons (Fsp3) is 0.385. The minimum atomic E-state index is -1.36. The molecule has 3 N–H and O–H groups in total. The molecule has 1 rings (SSSR count). The second-order valence-electron chi connectivity index (χ2n) is 4.29. The van der Waals surface area contributed by atoms with Crippen molar-refractivity contribution in [3.05, 3.63) is 23.8 Å². The summed E-state index contributed by atoms with van der Waals surface area (Å²) in [5, 5.41) is 20.7. The van der Waals surface area contributed by atoms with Gasteiger partial charge in [-0.15, -0.1) is 0 Å². The van der Waals surface area contributed by atoms with E-state index in [1.54, 1.807) is 20.8 Å². The van der Waals surface area contributed by atoms with Gasteiger partial charge < -0.3 is 19.7 Å². The fourth-order valence-electron chi connectivity index (χ4n) is 1.57. The van der Waals surface area contributed by atoms with Crippen molar-refractivity contribution < 1.29 is 29.3 Å². The summed E-state index contributed by atoms with van der Waals surface area (Å²) in [5.41, 5.74) is -0.457. The first-order valence-corrected chi connectivity index (χ1v) is 5.99. The topological polar surface area (TPSA) is 105 Å². The van der Waals surface area contributed by atoms with E-state index in [0.29, 0.717) is 0 Å². The number of hydrogen-bond donors (Lipinski definition) is 3. The van der Waals surface area contributed by atoms with Gasteiger partial charge in [-0.05, 0) is 32.9 Å². The van der Waals surface area contributed by atoms with E-state index in [1.807, 2.05) is 0 Å². The van der Waals surface area contributed by atoms with E-state index in [0.717, 1.165) is 0 Å². The molecular weight excluding hydrogens is 266 g/mol. The Kier molecular flexibility index (Phi) is 5.33. The van der Waals surface area contributed by atoms with E-state index < -0.39 is 29.7 Å². The Hall–Kier alpha value is -2.28. The lowest BCUT2D eigenvalue weighted by atomic mass is 10.1. The van der Waals surface area contributed by atoms with Crippen LogP contribution in [0.15, 0.2) is 18.2 Å². The van der Waals surface area contributed by atoms with Gasteiger partial charge in [0.15, 0.2) is 0 Å². The smallest absolute Gasteiger partial charge is 0.413 e. The van der Waals surface area contributed by atoms with Crippen LogP contribution in [0.2, 0.25) is 0 Å². The van der Waals surface area contributed by atoms with E-state index in [9.17, 15) is 14.7 Å². The number of carbonyl (C=O) groups excluding carboxylic acids is 1. The minimum absolute atomic E-state index is 0.0563. The normalized spacial score (nSPS) is 12.0. The summed E-state index contributed by atoms with van der Waals surface area (Å²) in [6.45, 7) is 5.12. The lowest BCUT2D eigenvalue weighted by Crippen LogP contribution is -2.25. The van der Waals surface area contributed by atoms with Gasteiger partial charge in [-0.25, -0.2) is 9.59 Å². The lowest BCUT2D eigenvalue weighted by Gasteiger charge is -2.17. The Morgan fingerprint density at radius 3 is 2.45 bits per heavy atom. The monoisotopic (exact) mass is 283 g/mol. The van der Waals surface area contributed by atoms with Crippen molar-refractivity contribution >= 4 is 17.7 Å². The number of aromatic carboxylic acids is 1. The highest BCUT2D eigenvalue weighted by atomic mass is 16.7. The van der Waals surface area contributed by atoms with E-state index in [2.05, 4.69) is 5.32 Å². The molecule has 7 heteroatoms. The van der Waals surface area contributed by atoms with Crippen LogP contribution in [-0.4, -0.2) is 34.7 Å². The summed E-state index contributed by atoms with van der Waals surface area (Å²) in [6, 6.07) is 3.97. The predicted octanol–water partition coefficient (Wildman–Crippen LogP) is 2.41. The maximum Gasteiger partial charge on any atom is 0.413 e. The molecule has 0 bridgehead atoms. The van der Waals surface area contributed by atoms with E-state index in [1.165, 1.54) is 18.2 Å². The van der Waals surface area contributed by atoms with Crippen LogP contribution in [0.4, 0.5) is 10.5 Å². The van der Waals surface area contributed by atoms with Gasteiger partial charge in [0.05, 0.1) is 11.8 Å². The number of ether oxygens (including phenoxy) is 2. The van der Waals surface area contributed by atoms with E-state index in [-0.39, 0.29) is 11.8 Å². The van der Waals surface area contributed by atoms with E-state index in [4.69, 9.17) is 14.6 Å². The zero-order valence-electron chi connectivity index (χ0n) is 11.4. The van der Waals surface area contributed by atoms with Crippen molar-refractivity contribution in [1.82, 2.24) is 0 Å². The summed E-state index contributed by atoms with van der Waals surface area (Å²) >= 11 is 0. The summed E-state index contributed by atoms with van der Waals surface area (Å²) in [5.74, 6) is -1.80. The molecule has 0 fully saturated rings. The van der Waals surface area contributed by atoms with E-state index >= 15 is 0 Å². The molecule has 0 radical (unpaired) electrons. The average molecular weight is 283 g/mol. The van der Waals surface area contributed by atoms with Crippen LogP contribution in [-0.2, 0) is 9.47 Å². The van der Waals surface area contributed by atoms with Crippen LogP contribution in [0.25, 0.3) is 0 Å². The van der Waals surface area contributed by atoms with Crippen LogP contribution in [0.5, 0.6) is 5.75 Å². The second kappa shape index (κ2) is 6.76. The van der Waals surface area contributed by atoms with Crippen LogP contribution in [0.3, 0.4) is 0 Å². The van der Waals surface area contributed by atoms with Crippen LogP contribution < -0.4 is 5.32 Å². The zero-order valence-corrected chi connectivity index (χ0v) is 11.4. The van der Waals surface area contributed by atoms with Gasteiger partial charge in [-0.2, -0.15) is 0 Å². The van der Waals surface area contributed by atoms with Crippen molar-refractivity contribution in [3.63, 3.8) is 0 Å². The van der Waals surface area contributed by atoms with Crippen molar-refractivity contribution in [2.45, 2.75) is 33.2 Å². The summed E-state index contributed by atoms with van der Waals surface area (Å²) in [6.07, 6.45) is -1.76. The molecule has 1 aromatic carbocycles. The second-order valence-corrected chi connectivity index (χ2v) is 4.29. The van der Waals surface area contributed by atoms with Gasteiger partial charge in [0.2, 0.25) is 6.29 Å². The van der Waals surface area contributed by atoms with Crippen molar-refractivity contribution in [1.29, 1.82) is 0 Å². The van der Waals surface area contributed by atoms with Crippen molar-refractivity contribution in [3.8, 4) is 5.75 Å². The number of aromatic hydroxyl groups is 1. The number of rotatable bonds is 5. The predicted molar refractivity (Wildman–Crippen MR) is 70.9 cm³/mol. The zero-order chi connectivity index (χ0) is 15.3. The van der Waals surface area contributed by atoms with Gasteiger partial charge in [-0.1, -0.05) is 6.07 Å². The van der Waals surface area contributed by atoms with Gasteiger partial charge in [0.25, 0.3) is 0 Å². The number of phenols is 1. The molecule has 0 saturated heterocycles. The molecule has 1 amide bonds. The summed E-state index contributed by atoms with van der Waals surface area (Å²) in [7, 11) is 0. The third-order valence-electron chi connectivity index (χ3n) is 2.23. The third kappa shape index (κ3) is 4.43. The first kappa shape index (κ1) is 15.8. The summed E-state index contributed by atoms with van der Waals surface area (Å²) in [4.78, 5) is 22.6.